The average Bonchev–Trinajstić information content (AvgIpc) is 3.21. The van der Waals surface area contributed by atoms with Gasteiger partial charge in [-0.25, -0.2) is 4.79 Å². The highest BCUT2D eigenvalue weighted by Gasteiger charge is 2.58. The maximum Gasteiger partial charge on any atom is 0.364 e. The molecule has 0 aromatic heterocycles. The number of carbonyl (C=O) groups excluding carboxylic acids is 1. The number of aliphatic hydroxyl groups excluding tert-OH is 12. The molecule has 0 aromatic carbocycles. The van der Waals surface area contributed by atoms with Crippen molar-refractivity contribution in [1.29, 1.82) is 0 Å². The molecule has 16 N–H and O–H groups in total. The van der Waals surface area contributed by atoms with Crippen LogP contribution < -0.4 is 11.1 Å². The van der Waals surface area contributed by atoms with Crippen LogP contribution in [0.15, 0.2) is 0 Å². The highest BCUT2D eigenvalue weighted by Crippen LogP contribution is 2.38. The molecule has 0 aliphatic carbocycles. The van der Waals surface area contributed by atoms with Crippen molar-refractivity contribution in [2.24, 2.45) is 11.7 Å². The minimum absolute atomic E-state index is 0.0511. The van der Waals surface area contributed by atoms with Crippen LogP contribution >= 0.6 is 0 Å². The fourth-order valence-electron chi connectivity index (χ4n) is 7.46. The third kappa shape index (κ3) is 11.6. The predicted molar refractivity (Wildman–Crippen MR) is 192 cm³/mol. The molecular weight excluding hydrogens is 816 g/mol. The van der Waals surface area contributed by atoms with Gasteiger partial charge < -0.3 is 115 Å². The van der Waals surface area contributed by atoms with Gasteiger partial charge in [-0.2, -0.15) is 0 Å². The van der Waals surface area contributed by atoms with Crippen LogP contribution in [0.1, 0.15) is 39.5 Å². The van der Waals surface area contributed by atoms with Crippen molar-refractivity contribution in [3.63, 3.8) is 0 Å². The van der Waals surface area contributed by atoms with Crippen LogP contribution in [0.5, 0.6) is 0 Å². The standard InChI is InChI=1S/C35H62N2O23/c1-13-15(42)8-35(34(51)52,60-28(13)21(44)16(43)9-38)54-12-19-24(47)29(58-33-26(49)25(48)22(45)17(10-39)56-33)20(37-14(2)41)31(57-19)59-30-23(46)18(11-40)55-32(27(30)50)53-7-5-3-4-6-36/h13,15-33,38-40,42-50H,3-12,36H2,1-2H3,(H,37,41)(H,51,52)/t13-,15-,16-,17?,18?,19?,20?,21-,22+,23+,24+,25+,26?,27?,28?,29-,30+,31+,32-,33+,35-/m1/s1. The number of hydrogen-bond donors (Lipinski definition) is 15. The maximum absolute atomic E-state index is 12.8. The number of nitrogens with two attached hydrogens (primary N) is 1. The molecule has 4 heterocycles. The molecule has 4 rings (SSSR count). The molecule has 21 atom stereocenters. The Morgan fingerprint density at radius 3 is 1.98 bits per heavy atom. The molecule has 0 radical (unpaired) electrons. The van der Waals surface area contributed by atoms with Crippen molar-refractivity contribution in [2.75, 3.05) is 39.6 Å². The van der Waals surface area contributed by atoms with E-state index in [2.05, 4.69) is 5.32 Å². The maximum atomic E-state index is 12.8. The van der Waals surface area contributed by atoms with Gasteiger partial charge in [-0.15, -0.1) is 0 Å². The van der Waals surface area contributed by atoms with E-state index in [4.69, 9.17) is 43.6 Å². The Morgan fingerprint density at radius 2 is 1.38 bits per heavy atom. The lowest BCUT2D eigenvalue weighted by Crippen LogP contribution is -2.70. The molecule has 4 aliphatic heterocycles. The molecule has 25 heteroatoms. The van der Waals surface area contributed by atoms with Gasteiger partial charge in [0.1, 0.15) is 85.4 Å². The number of carbonyl (C=O) groups is 2. The number of carboxylic acids is 1. The van der Waals surface area contributed by atoms with Gasteiger partial charge in [-0.1, -0.05) is 6.92 Å². The number of aliphatic carboxylic acids is 1. The molecular formula is C35H62N2O23. The predicted octanol–water partition coefficient (Wildman–Crippen LogP) is -7.97. The molecule has 1 amide bonds. The summed E-state index contributed by atoms with van der Waals surface area (Å²) in [4.78, 5) is 25.4. The summed E-state index contributed by atoms with van der Waals surface area (Å²) in [5, 5.41) is 140. The van der Waals surface area contributed by atoms with Crippen LogP contribution in [0.2, 0.25) is 0 Å². The second-order valence-corrected chi connectivity index (χ2v) is 15.4. The number of ether oxygens (including phenoxy) is 8. The largest absolute Gasteiger partial charge is 0.477 e. The van der Waals surface area contributed by atoms with Crippen LogP contribution in [0.25, 0.3) is 0 Å². The normalized spacial score (nSPS) is 43.6. The Labute approximate surface area is 344 Å². The van der Waals surface area contributed by atoms with Gasteiger partial charge in [0.05, 0.1) is 38.6 Å². The van der Waals surface area contributed by atoms with Gasteiger partial charge in [0.15, 0.2) is 18.9 Å². The Bertz CT molecular complexity index is 1340. The summed E-state index contributed by atoms with van der Waals surface area (Å²) in [6, 6.07) is -1.70. The Hall–Kier alpha value is -1.90. The van der Waals surface area contributed by atoms with E-state index in [9.17, 15) is 76.0 Å². The fraction of sp³-hybridized carbons (Fsp3) is 0.943. The Kier molecular flexibility index (Phi) is 19.1. The molecule has 25 nitrogen and oxygen atoms in total. The summed E-state index contributed by atoms with van der Waals surface area (Å²) in [7, 11) is 0. The van der Waals surface area contributed by atoms with Crippen molar-refractivity contribution in [2.45, 2.75) is 162 Å². The van der Waals surface area contributed by atoms with Crippen LogP contribution in [0.4, 0.5) is 0 Å². The van der Waals surface area contributed by atoms with Crippen molar-refractivity contribution in [3.8, 4) is 0 Å². The van der Waals surface area contributed by atoms with E-state index in [0.717, 1.165) is 6.92 Å². The van der Waals surface area contributed by atoms with E-state index in [-0.39, 0.29) is 6.61 Å². The van der Waals surface area contributed by atoms with Gasteiger partial charge in [-0.3, -0.25) is 4.79 Å². The van der Waals surface area contributed by atoms with Crippen LogP contribution in [0.3, 0.4) is 0 Å². The molecule has 350 valence electrons. The molecule has 0 saturated carbocycles. The quantitative estimate of drug-likeness (QED) is 0.0505. The summed E-state index contributed by atoms with van der Waals surface area (Å²) < 4.78 is 46.2. The Balaban J connectivity index is 1.71. The molecule has 0 spiro atoms. The monoisotopic (exact) mass is 878 g/mol. The van der Waals surface area contributed by atoms with E-state index in [0.29, 0.717) is 25.8 Å². The topological polar surface area (TPSA) is 409 Å². The summed E-state index contributed by atoms with van der Waals surface area (Å²) in [5.41, 5.74) is 5.54. The summed E-state index contributed by atoms with van der Waals surface area (Å²) in [5.74, 6) is -6.48. The minimum Gasteiger partial charge on any atom is -0.477 e. The summed E-state index contributed by atoms with van der Waals surface area (Å²) in [6.07, 6.45) is -31.2. The van der Waals surface area contributed by atoms with E-state index in [1.807, 2.05) is 0 Å². The van der Waals surface area contributed by atoms with E-state index < -0.39 is 173 Å². The van der Waals surface area contributed by atoms with E-state index in [1.165, 1.54) is 6.92 Å². The van der Waals surface area contributed by atoms with Crippen molar-refractivity contribution >= 4 is 11.9 Å². The summed E-state index contributed by atoms with van der Waals surface area (Å²) in [6.45, 7) is -0.745. The van der Waals surface area contributed by atoms with Gasteiger partial charge in [0.25, 0.3) is 5.79 Å². The van der Waals surface area contributed by atoms with Crippen molar-refractivity contribution in [3.05, 3.63) is 0 Å². The van der Waals surface area contributed by atoms with Gasteiger partial charge in [-0.05, 0) is 25.8 Å². The number of aliphatic hydroxyl groups is 12. The van der Waals surface area contributed by atoms with Crippen LogP contribution in [0, 0.1) is 5.92 Å². The van der Waals surface area contributed by atoms with Crippen LogP contribution in [-0.4, -0.2) is 240 Å². The first-order chi connectivity index (χ1) is 28.4. The first-order valence-electron chi connectivity index (χ1n) is 19.7. The zero-order valence-corrected chi connectivity index (χ0v) is 33.1. The van der Waals surface area contributed by atoms with Crippen molar-refractivity contribution < 1.29 is 114 Å². The van der Waals surface area contributed by atoms with E-state index in [1.54, 1.807) is 0 Å². The third-order valence-electron chi connectivity index (χ3n) is 11.1. The lowest BCUT2D eigenvalue weighted by molar-refractivity contribution is -0.373. The van der Waals surface area contributed by atoms with Gasteiger partial charge in [0, 0.05) is 25.9 Å². The van der Waals surface area contributed by atoms with Gasteiger partial charge in [0.2, 0.25) is 5.91 Å². The first-order valence-corrected chi connectivity index (χ1v) is 19.7. The molecule has 4 aliphatic rings. The van der Waals surface area contributed by atoms with Crippen LogP contribution in [-0.2, 0) is 47.5 Å². The number of hydrogen-bond acceptors (Lipinski definition) is 23. The van der Waals surface area contributed by atoms with E-state index >= 15 is 0 Å². The number of amides is 1. The highest BCUT2D eigenvalue weighted by molar-refractivity contribution is 5.76. The van der Waals surface area contributed by atoms with Crippen molar-refractivity contribution in [1.82, 2.24) is 5.32 Å². The number of rotatable bonds is 20. The SMILES string of the molecule is CC(=O)NC1[C@H](O[C@@H]2C(O)[C@H](OCCCCCN)OC(CO)[C@@H]2O)OC(CO[C@]2(C(=O)O)C[C@@H](O)[C@@H](C)C([C@H](O)[C@H](O)CO)O2)[C@H](O)[C@@H]1O[C@@H]1OC(CO)[C@H](O)[C@H](O)C1O. The summed E-state index contributed by atoms with van der Waals surface area (Å²) >= 11 is 0. The molecule has 0 bridgehead atoms. The molecule has 7 unspecified atom stereocenters. The smallest absolute Gasteiger partial charge is 0.364 e. The number of nitrogens with one attached hydrogen (secondary N) is 1. The molecule has 0 aromatic rings. The second-order valence-electron chi connectivity index (χ2n) is 15.4. The first kappa shape index (κ1) is 50.7. The molecule has 4 fully saturated rings. The molecule has 60 heavy (non-hydrogen) atoms. The average molecular weight is 879 g/mol. The minimum atomic E-state index is -2.82. The Morgan fingerprint density at radius 1 is 0.783 bits per heavy atom. The number of unbranched alkanes of at least 4 members (excludes halogenated alkanes) is 2. The fourth-order valence-corrected chi connectivity index (χ4v) is 7.46. The number of carboxylic acid groups (broad SMARTS) is 1. The zero-order chi connectivity index (χ0) is 44.6. The lowest BCUT2D eigenvalue weighted by atomic mass is 9.84. The zero-order valence-electron chi connectivity index (χ0n) is 33.1. The molecule has 4 saturated heterocycles. The highest BCUT2D eigenvalue weighted by atomic mass is 16.8. The van der Waals surface area contributed by atoms with Gasteiger partial charge >= 0.3 is 5.97 Å². The third-order valence-corrected chi connectivity index (χ3v) is 11.1. The lowest BCUT2D eigenvalue weighted by Gasteiger charge is -2.50. The second kappa shape index (κ2) is 22.6.